The molecule has 2 rings (SSSR count). The van der Waals surface area contributed by atoms with Crippen molar-refractivity contribution in [2.24, 2.45) is 0 Å². The average Bonchev–Trinajstić information content (AvgIpc) is 2.07. The summed E-state index contributed by atoms with van der Waals surface area (Å²) in [5, 5.41) is 0.533. The highest BCUT2D eigenvalue weighted by Gasteiger charge is 2.03. The van der Waals surface area contributed by atoms with Crippen molar-refractivity contribution in [3.8, 4) is 0 Å². The zero-order valence-electron chi connectivity index (χ0n) is 7.20. The molecule has 0 radical (unpaired) electrons. The van der Waals surface area contributed by atoms with E-state index in [1.54, 1.807) is 25.1 Å². The Kier molecular flexibility index (Phi) is 1.59. The van der Waals surface area contributed by atoms with E-state index in [9.17, 15) is 4.79 Å². The molecular weight excluding hydrogens is 166 g/mol. The molecular formula is C10H9NO2. The maximum absolute atomic E-state index is 11.4. The second-order valence-corrected chi connectivity index (χ2v) is 2.95. The van der Waals surface area contributed by atoms with Crippen molar-refractivity contribution in [1.29, 1.82) is 0 Å². The number of aryl methyl sites for hydroxylation is 1. The molecule has 0 saturated heterocycles. The minimum absolute atomic E-state index is 0.0500. The maximum atomic E-state index is 11.4. The van der Waals surface area contributed by atoms with Crippen LogP contribution in [-0.2, 0) is 0 Å². The molecule has 0 aliphatic heterocycles. The molecule has 1 aromatic carbocycles. The predicted molar refractivity (Wildman–Crippen MR) is 51.6 cm³/mol. The lowest BCUT2D eigenvalue weighted by molar-refractivity contribution is 0.566. The van der Waals surface area contributed by atoms with Crippen LogP contribution in [-0.4, -0.2) is 0 Å². The topological polar surface area (TPSA) is 56.2 Å². The number of nitrogens with two attached hydrogens (primary N) is 1. The molecule has 0 fully saturated rings. The predicted octanol–water partition coefficient (Wildman–Crippen LogP) is 1.68. The van der Waals surface area contributed by atoms with Gasteiger partial charge in [0.15, 0.2) is 11.0 Å². The Balaban J connectivity index is 3.03. The van der Waals surface area contributed by atoms with Crippen LogP contribution in [0.3, 0.4) is 0 Å². The number of hydrogen-bond donors (Lipinski definition) is 1. The molecule has 0 aliphatic carbocycles. The van der Waals surface area contributed by atoms with Crippen molar-refractivity contribution in [2.75, 3.05) is 5.73 Å². The lowest BCUT2D eigenvalue weighted by Gasteiger charge is -2.00. The van der Waals surface area contributed by atoms with Gasteiger partial charge >= 0.3 is 0 Å². The van der Waals surface area contributed by atoms with E-state index in [0.717, 1.165) is 0 Å². The van der Waals surface area contributed by atoms with Gasteiger partial charge in [-0.3, -0.25) is 4.79 Å². The van der Waals surface area contributed by atoms with Crippen LogP contribution in [0.15, 0.2) is 33.5 Å². The van der Waals surface area contributed by atoms with Gasteiger partial charge in [0, 0.05) is 6.07 Å². The normalized spacial score (nSPS) is 10.5. The number of benzene rings is 1. The number of para-hydroxylation sites is 1. The number of anilines is 1. The highest BCUT2D eigenvalue weighted by Crippen LogP contribution is 2.18. The van der Waals surface area contributed by atoms with E-state index in [4.69, 9.17) is 10.2 Å². The molecule has 0 atom stereocenters. The summed E-state index contributed by atoms with van der Waals surface area (Å²) in [6, 6.07) is 6.62. The van der Waals surface area contributed by atoms with E-state index in [1.165, 1.54) is 6.07 Å². The second kappa shape index (κ2) is 2.62. The van der Waals surface area contributed by atoms with E-state index >= 15 is 0 Å². The fourth-order valence-corrected chi connectivity index (χ4v) is 1.32. The number of rotatable bonds is 0. The van der Waals surface area contributed by atoms with Crippen molar-refractivity contribution < 1.29 is 4.42 Å². The van der Waals surface area contributed by atoms with Crippen molar-refractivity contribution in [2.45, 2.75) is 6.92 Å². The molecule has 2 aromatic rings. The Morgan fingerprint density at radius 3 is 2.92 bits per heavy atom. The van der Waals surface area contributed by atoms with E-state index in [0.29, 0.717) is 22.4 Å². The third kappa shape index (κ3) is 1.18. The second-order valence-electron chi connectivity index (χ2n) is 2.95. The van der Waals surface area contributed by atoms with E-state index < -0.39 is 0 Å². The van der Waals surface area contributed by atoms with E-state index in [1.807, 2.05) is 0 Å². The van der Waals surface area contributed by atoms with Crippen LogP contribution >= 0.6 is 0 Å². The third-order valence-electron chi connectivity index (χ3n) is 1.91. The number of hydrogen-bond acceptors (Lipinski definition) is 3. The third-order valence-corrected chi connectivity index (χ3v) is 1.91. The van der Waals surface area contributed by atoms with E-state index in [2.05, 4.69) is 0 Å². The molecule has 1 heterocycles. The van der Waals surface area contributed by atoms with Crippen molar-refractivity contribution >= 4 is 16.7 Å². The van der Waals surface area contributed by atoms with Gasteiger partial charge in [0.1, 0.15) is 5.76 Å². The van der Waals surface area contributed by atoms with Gasteiger partial charge in [0.2, 0.25) is 0 Å². The fraction of sp³-hybridized carbons (Fsp3) is 0.100. The lowest BCUT2D eigenvalue weighted by atomic mass is 10.2. The number of fused-ring (bicyclic) bond motifs is 1. The van der Waals surface area contributed by atoms with Gasteiger partial charge in [-0.05, 0) is 19.1 Å². The molecule has 66 valence electrons. The van der Waals surface area contributed by atoms with Crippen molar-refractivity contribution in [3.63, 3.8) is 0 Å². The van der Waals surface area contributed by atoms with Gasteiger partial charge in [-0.15, -0.1) is 0 Å². The highest BCUT2D eigenvalue weighted by atomic mass is 16.3. The molecule has 1 aromatic heterocycles. The van der Waals surface area contributed by atoms with Crippen LogP contribution < -0.4 is 11.2 Å². The van der Waals surface area contributed by atoms with Gasteiger partial charge in [0.25, 0.3) is 0 Å². The SMILES string of the molecule is Cc1cc(=O)c2cccc(N)c2o1. The summed E-state index contributed by atoms with van der Waals surface area (Å²) in [4.78, 5) is 11.4. The first-order valence-electron chi connectivity index (χ1n) is 3.97. The van der Waals surface area contributed by atoms with Crippen LogP contribution in [0.4, 0.5) is 5.69 Å². The van der Waals surface area contributed by atoms with Gasteiger partial charge < -0.3 is 10.2 Å². The van der Waals surface area contributed by atoms with Crippen LogP contribution in [0.2, 0.25) is 0 Å². The molecule has 0 bridgehead atoms. The summed E-state index contributed by atoms with van der Waals surface area (Å²) in [6.45, 7) is 1.73. The minimum atomic E-state index is -0.0500. The summed E-state index contributed by atoms with van der Waals surface area (Å²) in [5.41, 5.74) is 6.59. The molecule has 0 unspecified atom stereocenters. The Labute approximate surface area is 74.8 Å². The molecule has 3 nitrogen and oxygen atoms in total. The summed E-state index contributed by atoms with van der Waals surface area (Å²) in [6.07, 6.45) is 0. The van der Waals surface area contributed by atoms with Crippen LogP contribution in [0.5, 0.6) is 0 Å². The Morgan fingerprint density at radius 2 is 2.15 bits per heavy atom. The van der Waals surface area contributed by atoms with E-state index in [-0.39, 0.29) is 5.43 Å². The Bertz CT molecular complexity index is 514. The molecule has 2 N–H and O–H groups in total. The molecule has 0 aliphatic rings. The van der Waals surface area contributed by atoms with Gasteiger partial charge in [-0.1, -0.05) is 6.07 Å². The van der Waals surface area contributed by atoms with Crippen LogP contribution in [0.25, 0.3) is 11.0 Å². The van der Waals surface area contributed by atoms with Gasteiger partial charge in [-0.25, -0.2) is 0 Å². The molecule has 0 spiro atoms. The molecule has 0 saturated carbocycles. The molecule has 13 heavy (non-hydrogen) atoms. The van der Waals surface area contributed by atoms with Gasteiger partial charge in [-0.2, -0.15) is 0 Å². The zero-order valence-corrected chi connectivity index (χ0v) is 7.20. The Morgan fingerprint density at radius 1 is 1.38 bits per heavy atom. The quantitative estimate of drug-likeness (QED) is 0.620. The zero-order chi connectivity index (χ0) is 9.42. The summed E-state index contributed by atoms with van der Waals surface area (Å²) >= 11 is 0. The first-order chi connectivity index (χ1) is 6.18. The van der Waals surface area contributed by atoms with Crippen molar-refractivity contribution in [1.82, 2.24) is 0 Å². The maximum Gasteiger partial charge on any atom is 0.193 e. The highest BCUT2D eigenvalue weighted by molar-refractivity contribution is 5.87. The van der Waals surface area contributed by atoms with Crippen LogP contribution in [0, 0.1) is 6.92 Å². The largest absolute Gasteiger partial charge is 0.459 e. The van der Waals surface area contributed by atoms with Gasteiger partial charge in [0.05, 0.1) is 11.1 Å². The first kappa shape index (κ1) is 7.86. The summed E-state index contributed by atoms with van der Waals surface area (Å²) in [7, 11) is 0. The first-order valence-corrected chi connectivity index (χ1v) is 3.97. The Hall–Kier alpha value is -1.77. The monoisotopic (exact) mass is 175 g/mol. The summed E-state index contributed by atoms with van der Waals surface area (Å²) in [5.74, 6) is 0.579. The lowest BCUT2D eigenvalue weighted by Crippen LogP contribution is -2.01. The smallest absolute Gasteiger partial charge is 0.193 e. The minimum Gasteiger partial charge on any atom is -0.459 e. The standard InChI is InChI=1S/C10H9NO2/c1-6-5-9(12)7-3-2-4-8(11)10(7)13-6/h2-5H,11H2,1H3. The fourth-order valence-electron chi connectivity index (χ4n) is 1.32. The van der Waals surface area contributed by atoms with Crippen molar-refractivity contribution in [3.05, 3.63) is 40.2 Å². The number of nitrogen functional groups attached to an aromatic ring is 1. The molecule has 3 heteroatoms. The van der Waals surface area contributed by atoms with Crippen LogP contribution in [0.1, 0.15) is 5.76 Å². The molecule has 0 amide bonds. The summed E-state index contributed by atoms with van der Waals surface area (Å²) < 4.78 is 5.35. The average molecular weight is 175 g/mol.